The van der Waals surface area contributed by atoms with Crippen molar-refractivity contribution >= 4 is 5.82 Å². The van der Waals surface area contributed by atoms with E-state index in [1.54, 1.807) is 14.2 Å². The fourth-order valence-corrected chi connectivity index (χ4v) is 2.19. The molecule has 0 aliphatic rings. The zero-order chi connectivity index (χ0) is 16.8. The van der Waals surface area contributed by atoms with Crippen LogP contribution in [-0.2, 0) is 24.9 Å². The van der Waals surface area contributed by atoms with Crippen molar-refractivity contribution in [3.63, 3.8) is 0 Å². The zero-order valence-electron chi connectivity index (χ0n) is 13.6. The van der Waals surface area contributed by atoms with Crippen LogP contribution in [0, 0.1) is 6.92 Å². The van der Waals surface area contributed by atoms with Gasteiger partial charge in [-0.25, -0.2) is 14.8 Å². The van der Waals surface area contributed by atoms with Gasteiger partial charge in [0, 0.05) is 51.3 Å². The number of aromatic nitrogens is 4. The second-order valence-corrected chi connectivity index (χ2v) is 5.22. The minimum absolute atomic E-state index is 0.284. The first-order valence-corrected chi connectivity index (χ1v) is 7.35. The molecule has 0 fully saturated rings. The highest BCUT2D eigenvalue weighted by Gasteiger charge is 2.04. The number of anilines is 1. The Kier molecular flexibility index (Phi) is 5.64. The smallest absolute Gasteiger partial charge is 0.330 e. The van der Waals surface area contributed by atoms with Crippen LogP contribution in [0.15, 0.2) is 27.9 Å². The van der Waals surface area contributed by atoms with Gasteiger partial charge in [-0.2, -0.15) is 0 Å². The van der Waals surface area contributed by atoms with Crippen LogP contribution in [0.1, 0.15) is 17.9 Å². The molecule has 0 atom stereocenters. The lowest BCUT2D eigenvalue weighted by atomic mass is 10.3. The van der Waals surface area contributed by atoms with E-state index < -0.39 is 0 Å². The summed E-state index contributed by atoms with van der Waals surface area (Å²) in [5.74, 6) is 1.32. The van der Waals surface area contributed by atoms with Gasteiger partial charge in [0.2, 0.25) is 0 Å². The molecule has 0 radical (unpaired) electrons. The lowest BCUT2D eigenvalue weighted by Crippen LogP contribution is -2.38. The van der Waals surface area contributed by atoms with Gasteiger partial charge in [0.25, 0.3) is 5.56 Å². The quantitative estimate of drug-likeness (QED) is 0.738. The molecule has 0 saturated carbocycles. The van der Waals surface area contributed by atoms with E-state index in [2.05, 4.69) is 15.3 Å². The van der Waals surface area contributed by atoms with E-state index in [1.807, 2.05) is 13.0 Å². The van der Waals surface area contributed by atoms with Crippen LogP contribution in [0.5, 0.6) is 0 Å². The Balaban J connectivity index is 1.95. The van der Waals surface area contributed by atoms with E-state index in [0.717, 1.165) is 5.69 Å². The summed E-state index contributed by atoms with van der Waals surface area (Å²) in [6.07, 6.45) is 2.10. The van der Waals surface area contributed by atoms with E-state index in [4.69, 9.17) is 4.74 Å². The molecule has 23 heavy (non-hydrogen) atoms. The van der Waals surface area contributed by atoms with Crippen LogP contribution in [0.25, 0.3) is 0 Å². The molecule has 124 valence electrons. The van der Waals surface area contributed by atoms with Crippen LogP contribution in [0.4, 0.5) is 5.82 Å². The van der Waals surface area contributed by atoms with Crippen LogP contribution < -0.4 is 16.6 Å². The molecule has 2 heterocycles. The Morgan fingerprint density at radius 1 is 1.30 bits per heavy atom. The second kappa shape index (κ2) is 7.68. The van der Waals surface area contributed by atoms with Gasteiger partial charge in [-0.1, -0.05) is 0 Å². The molecule has 2 rings (SSSR count). The Bertz CT molecular complexity index is 781. The fourth-order valence-electron chi connectivity index (χ4n) is 2.19. The monoisotopic (exact) mass is 319 g/mol. The number of methoxy groups -OCH3 is 1. The fraction of sp³-hybridized carbons (Fsp3) is 0.467. The summed E-state index contributed by atoms with van der Waals surface area (Å²) < 4.78 is 7.64. The second-order valence-electron chi connectivity index (χ2n) is 5.22. The number of hydrogen-bond acceptors (Lipinski definition) is 6. The van der Waals surface area contributed by atoms with Gasteiger partial charge in [0.15, 0.2) is 5.82 Å². The van der Waals surface area contributed by atoms with Crippen molar-refractivity contribution in [3.8, 4) is 0 Å². The molecule has 0 saturated heterocycles. The maximum absolute atomic E-state index is 11.9. The Hall–Kier alpha value is -2.48. The van der Waals surface area contributed by atoms with Gasteiger partial charge in [0.05, 0.1) is 0 Å². The number of nitrogens with one attached hydrogen (secondary N) is 1. The van der Waals surface area contributed by atoms with E-state index in [1.165, 1.54) is 21.4 Å². The molecule has 2 aromatic rings. The summed E-state index contributed by atoms with van der Waals surface area (Å²) in [5, 5.41) is 3.18. The molecule has 0 amide bonds. The molecule has 2 aromatic heterocycles. The topological polar surface area (TPSA) is 91.0 Å². The van der Waals surface area contributed by atoms with Crippen molar-refractivity contribution in [2.75, 3.05) is 19.0 Å². The van der Waals surface area contributed by atoms with Crippen LogP contribution in [0.3, 0.4) is 0 Å². The number of nitrogens with zero attached hydrogens (tertiary/aromatic N) is 4. The summed E-state index contributed by atoms with van der Waals surface area (Å²) in [6, 6.07) is 3.23. The van der Waals surface area contributed by atoms with Crippen molar-refractivity contribution in [3.05, 3.63) is 50.7 Å². The average molecular weight is 319 g/mol. The van der Waals surface area contributed by atoms with Crippen molar-refractivity contribution in [1.29, 1.82) is 0 Å². The Labute approximate surface area is 133 Å². The zero-order valence-corrected chi connectivity index (χ0v) is 13.6. The Morgan fingerprint density at radius 3 is 2.83 bits per heavy atom. The molecule has 0 bridgehead atoms. The van der Waals surface area contributed by atoms with Crippen molar-refractivity contribution < 1.29 is 4.74 Å². The molecule has 1 N–H and O–H groups in total. The first-order valence-electron chi connectivity index (χ1n) is 7.35. The normalized spacial score (nSPS) is 10.7. The SMILES string of the molecule is COCc1nc(C)cc(NCCCn2c(=O)ccn(C)c2=O)n1. The van der Waals surface area contributed by atoms with Crippen molar-refractivity contribution in [2.24, 2.45) is 7.05 Å². The lowest BCUT2D eigenvalue weighted by Gasteiger charge is -2.09. The molecule has 0 spiro atoms. The highest BCUT2D eigenvalue weighted by molar-refractivity contribution is 5.35. The lowest BCUT2D eigenvalue weighted by molar-refractivity contribution is 0.177. The summed E-state index contributed by atoms with van der Waals surface area (Å²) in [4.78, 5) is 32.2. The van der Waals surface area contributed by atoms with Gasteiger partial charge < -0.3 is 14.6 Å². The first-order chi connectivity index (χ1) is 11.0. The third-order valence-electron chi connectivity index (χ3n) is 3.28. The maximum atomic E-state index is 11.9. The van der Waals surface area contributed by atoms with Gasteiger partial charge >= 0.3 is 5.69 Å². The first kappa shape index (κ1) is 16.9. The van der Waals surface area contributed by atoms with Crippen LogP contribution in [-0.4, -0.2) is 32.8 Å². The minimum atomic E-state index is -0.308. The van der Waals surface area contributed by atoms with Gasteiger partial charge in [-0.3, -0.25) is 9.36 Å². The summed E-state index contributed by atoms with van der Waals surface area (Å²) in [7, 11) is 3.22. The molecule has 8 heteroatoms. The number of hydrogen-bond donors (Lipinski definition) is 1. The molecule has 0 aliphatic carbocycles. The van der Waals surface area contributed by atoms with Crippen LogP contribution in [0.2, 0.25) is 0 Å². The summed E-state index contributed by atoms with van der Waals surface area (Å²) in [5.41, 5.74) is 0.258. The van der Waals surface area contributed by atoms with Crippen LogP contribution >= 0.6 is 0 Å². The molecule has 0 unspecified atom stereocenters. The van der Waals surface area contributed by atoms with Gasteiger partial charge in [-0.15, -0.1) is 0 Å². The van der Waals surface area contributed by atoms with E-state index >= 15 is 0 Å². The molecule has 0 aliphatic heterocycles. The Morgan fingerprint density at radius 2 is 2.09 bits per heavy atom. The third-order valence-corrected chi connectivity index (χ3v) is 3.28. The molecular formula is C15H21N5O3. The molecular weight excluding hydrogens is 298 g/mol. The predicted octanol–water partition coefficient (Wildman–Crippen LogP) is 0.294. The standard InChI is InChI=1S/C15H21N5O3/c1-11-9-12(18-13(17-11)10-23-3)16-6-4-7-20-14(21)5-8-19(2)15(20)22/h5,8-9H,4,6-7,10H2,1-3H3,(H,16,17,18). The maximum Gasteiger partial charge on any atom is 0.330 e. The van der Waals surface area contributed by atoms with Crippen molar-refractivity contribution in [1.82, 2.24) is 19.1 Å². The highest BCUT2D eigenvalue weighted by Crippen LogP contribution is 2.07. The average Bonchev–Trinajstić information content (AvgIpc) is 2.50. The largest absolute Gasteiger partial charge is 0.377 e. The number of ether oxygens (including phenoxy) is 1. The highest BCUT2D eigenvalue weighted by atomic mass is 16.5. The number of aryl methyl sites for hydroxylation is 2. The van der Waals surface area contributed by atoms with E-state index in [9.17, 15) is 9.59 Å². The summed E-state index contributed by atoms with van der Waals surface area (Å²) >= 11 is 0. The van der Waals surface area contributed by atoms with Gasteiger partial charge in [0.1, 0.15) is 12.4 Å². The summed E-state index contributed by atoms with van der Waals surface area (Å²) in [6.45, 7) is 3.19. The van der Waals surface area contributed by atoms with E-state index in [0.29, 0.717) is 37.8 Å². The number of rotatable bonds is 7. The molecule has 0 aromatic carbocycles. The predicted molar refractivity (Wildman–Crippen MR) is 86.5 cm³/mol. The molecule has 8 nitrogen and oxygen atoms in total. The van der Waals surface area contributed by atoms with E-state index in [-0.39, 0.29) is 11.2 Å². The third kappa shape index (κ3) is 4.49. The van der Waals surface area contributed by atoms with Gasteiger partial charge in [-0.05, 0) is 13.3 Å². The minimum Gasteiger partial charge on any atom is -0.377 e. The van der Waals surface area contributed by atoms with Crippen molar-refractivity contribution in [2.45, 2.75) is 26.5 Å².